The summed E-state index contributed by atoms with van der Waals surface area (Å²) in [6.07, 6.45) is 8.96. The van der Waals surface area contributed by atoms with Gasteiger partial charge in [0.1, 0.15) is 11.2 Å². The Morgan fingerprint density at radius 1 is 0.656 bits per heavy atom. The summed E-state index contributed by atoms with van der Waals surface area (Å²) in [7, 11) is 0. The van der Waals surface area contributed by atoms with Crippen molar-refractivity contribution in [3.8, 4) is 0 Å². The maximum atomic E-state index is 13.2. The minimum Gasteiger partial charge on any atom is -0.456 e. The molecule has 0 atom stereocenters. The molecule has 0 spiro atoms. The van der Waals surface area contributed by atoms with Crippen LogP contribution in [-0.4, -0.2) is 23.1 Å². The van der Waals surface area contributed by atoms with Crippen LogP contribution in [0.15, 0.2) is 24.3 Å². The number of rotatable bonds is 6. The van der Waals surface area contributed by atoms with Gasteiger partial charge in [-0.2, -0.15) is 0 Å². The van der Waals surface area contributed by atoms with Crippen LogP contribution in [0.25, 0.3) is 0 Å². The van der Waals surface area contributed by atoms with Gasteiger partial charge in [0.2, 0.25) is 0 Å². The van der Waals surface area contributed by atoms with Crippen LogP contribution in [0.1, 0.15) is 114 Å². The molecule has 2 saturated carbocycles. The Bertz CT molecular complexity index is 726. The molecule has 3 rings (SSSR count). The molecule has 0 saturated heterocycles. The van der Waals surface area contributed by atoms with Gasteiger partial charge in [-0.15, -0.1) is 0 Å². The molecule has 2 aliphatic carbocycles. The predicted octanol–water partition coefficient (Wildman–Crippen LogP) is 7.21. The fraction of sp³-hybridized carbons (Fsp3) is 0.714. The van der Waals surface area contributed by atoms with E-state index in [0.29, 0.717) is 23.0 Å². The molecule has 1 aromatic rings. The van der Waals surface area contributed by atoms with Crippen LogP contribution in [-0.2, 0) is 9.47 Å². The maximum absolute atomic E-state index is 13.2. The molecule has 4 nitrogen and oxygen atoms in total. The van der Waals surface area contributed by atoms with Gasteiger partial charge in [-0.05, 0) is 89.2 Å². The Morgan fingerprint density at radius 2 is 0.969 bits per heavy atom. The molecule has 1 aromatic carbocycles. The molecule has 0 heterocycles. The highest BCUT2D eigenvalue weighted by Gasteiger charge is 2.38. The van der Waals surface area contributed by atoms with Crippen LogP contribution in [0, 0.1) is 23.7 Å². The molecule has 0 aromatic heterocycles. The first kappa shape index (κ1) is 24.8. The van der Waals surface area contributed by atoms with Gasteiger partial charge in [-0.1, -0.05) is 51.7 Å². The van der Waals surface area contributed by atoms with Gasteiger partial charge in [0.05, 0.1) is 11.1 Å². The fourth-order valence-electron chi connectivity index (χ4n) is 5.50. The van der Waals surface area contributed by atoms with Crippen LogP contribution in [0.5, 0.6) is 0 Å². The molecule has 0 radical (unpaired) electrons. The Balaban J connectivity index is 1.70. The lowest BCUT2D eigenvalue weighted by Gasteiger charge is -2.38. The second kappa shape index (κ2) is 9.97. The summed E-state index contributed by atoms with van der Waals surface area (Å²) in [5.74, 6) is 1.28. The molecule has 32 heavy (non-hydrogen) atoms. The van der Waals surface area contributed by atoms with Gasteiger partial charge in [-0.25, -0.2) is 9.59 Å². The van der Waals surface area contributed by atoms with Crippen molar-refractivity contribution in [2.45, 2.75) is 104 Å². The molecular weight excluding hydrogens is 400 g/mol. The summed E-state index contributed by atoms with van der Waals surface area (Å²) in [5.41, 5.74) is -0.538. The third-order valence-corrected chi connectivity index (χ3v) is 8.08. The molecule has 4 heteroatoms. The van der Waals surface area contributed by atoms with Crippen molar-refractivity contribution in [2.75, 3.05) is 0 Å². The van der Waals surface area contributed by atoms with E-state index in [9.17, 15) is 9.59 Å². The van der Waals surface area contributed by atoms with Crippen LogP contribution in [0.3, 0.4) is 0 Å². The van der Waals surface area contributed by atoms with Crippen LogP contribution >= 0.6 is 0 Å². The minimum absolute atomic E-state index is 0.294. The van der Waals surface area contributed by atoms with E-state index in [1.54, 1.807) is 24.3 Å². The number of hydrogen-bond donors (Lipinski definition) is 0. The maximum Gasteiger partial charge on any atom is 0.339 e. The number of carbonyl (C=O) groups is 2. The Morgan fingerprint density at radius 3 is 1.28 bits per heavy atom. The normalized spacial score (nSPS) is 26.9. The van der Waals surface area contributed by atoms with Crippen LogP contribution in [0.2, 0.25) is 0 Å². The van der Waals surface area contributed by atoms with Crippen molar-refractivity contribution in [3.63, 3.8) is 0 Å². The number of ether oxygens (including phenoxy) is 2. The smallest absolute Gasteiger partial charge is 0.339 e. The first-order chi connectivity index (χ1) is 15.0. The van der Waals surface area contributed by atoms with Crippen LogP contribution in [0.4, 0.5) is 0 Å². The van der Waals surface area contributed by atoms with Crippen molar-refractivity contribution in [1.82, 2.24) is 0 Å². The van der Waals surface area contributed by atoms with Gasteiger partial charge in [0, 0.05) is 0 Å². The van der Waals surface area contributed by atoms with Gasteiger partial charge < -0.3 is 9.47 Å². The summed E-state index contributed by atoms with van der Waals surface area (Å²) in [6.45, 7) is 12.6. The lowest BCUT2D eigenvalue weighted by atomic mass is 9.75. The average Bonchev–Trinajstić information content (AvgIpc) is 2.73. The molecule has 0 N–H and O–H groups in total. The quantitative estimate of drug-likeness (QED) is 0.437. The van der Waals surface area contributed by atoms with Gasteiger partial charge in [0.15, 0.2) is 0 Å². The van der Waals surface area contributed by atoms with Crippen LogP contribution < -0.4 is 0 Å². The second-order valence-corrected chi connectivity index (χ2v) is 11.4. The molecule has 2 fully saturated rings. The van der Waals surface area contributed by atoms with Crippen molar-refractivity contribution < 1.29 is 19.1 Å². The van der Waals surface area contributed by atoms with E-state index < -0.39 is 23.1 Å². The Hall–Kier alpha value is -1.84. The lowest BCUT2D eigenvalue weighted by molar-refractivity contribution is -0.0450. The third-order valence-electron chi connectivity index (χ3n) is 8.08. The summed E-state index contributed by atoms with van der Waals surface area (Å²) in [6, 6.07) is 6.90. The lowest BCUT2D eigenvalue weighted by Crippen LogP contribution is -2.40. The summed E-state index contributed by atoms with van der Waals surface area (Å²) in [5, 5.41) is 0. The molecule has 0 aliphatic heterocycles. The minimum atomic E-state index is -0.563. The van der Waals surface area contributed by atoms with E-state index in [1.807, 2.05) is 27.7 Å². The molecule has 2 aliphatic rings. The summed E-state index contributed by atoms with van der Waals surface area (Å²) in [4.78, 5) is 26.3. The highest BCUT2D eigenvalue weighted by atomic mass is 16.6. The first-order valence-corrected chi connectivity index (χ1v) is 12.6. The SMILES string of the molecule is CC1CCC(C(C)(C)OC(=O)c2ccccc2C(=O)OC(C)(C)C2CCC(C)CC2)CC1. The zero-order valence-electron chi connectivity index (χ0n) is 20.9. The zero-order chi connectivity index (χ0) is 23.5. The van der Waals surface area contributed by atoms with E-state index in [2.05, 4.69) is 13.8 Å². The molecule has 0 unspecified atom stereocenters. The molecule has 0 bridgehead atoms. The van der Waals surface area contributed by atoms with Gasteiger partial charge in [0.25, 0.3) is 0 Å². The van der Waals surface area contributed by atoms with Gasteiger partial charge >= 0.3 is 11.9 Å². The number of esters is 2. The van der Waals surface area contributed by atoms with Gasteiger partial charge in [-0.3, -0.25) is 0 Å². The topological polar surface area (TPSA) is 52.6 Å². The number of hydrogen-bond acceptors (Lipinski definition) is 4. The zero-order valence-corrected chi connectivity index (χ0v) is 20.9. The molecular formula is C28H42O4. The summed E-state index contributed by atoms with van der Waals surface area (Å²) < 4.78 is 12.0. The first-order valence-electron chi connectivity index (χ1n) is 12.6. The Labute approximate surface area is 194 Å². The average molecular weight is 443 g/mol. The highest BCUT2D eigenvalue weighted by molar-refractivity contribution is 6.03. The largest absolute Gasteiger partial charge is 0.456 e. The van der Waals surface area contributed by atoms with Crippen molar-refractivity contribution in [3.05, 3.63) is 35.4 Å². The van der Waals surface area contributed by atoms with E-state index >= 15 is 0 Å². The number of carbonyl (C=O) groups excluding carboxylic acids is 2. The molecule has 178 valence electrons. The molecule has 0 amide bonds. The van der Waals surface area contributed by atoms with Crippen molar-refractivity contribution in [2.24, 2.45) is 23.7 Å². The van der Waals surface area contributed by atoms with E-state index in [-0.39, 0.29) is 0 Å². The Kier molecular flexibility index (Phi) is 7.73. The van der Waals surface area contributed by atoms with E-state index in [4.69, 9.17) is 9.47 Å². The highest BCUT2D eigenvalue weighted by Crippen LogP contribution is 2.39. The van der Waals surface area contributed by atoms with E-state index in [1.165, 1.54) is 25.7 Å². The number of benzene rings is 1. The monoisotopic (exact) mass is 442 g/mol. The predicted molar refractivity (Wildman–Crippen MR) is 128 cm³/mol. The van der Waals surface area contributed by atoms with Crippen molar-refractivity contribution in [1.29, 1.82) is 0 Å². The van der Waals surface area contributed by atoms with Crippen molar-refractivity contribution >= 4 is 11.9 Å². The fourth-order valence-corrected chi connectivity index (χ4v) is 5.50. The standard InChI is InChI=1S/C28H42O4/c1-19-11-15-21(16-12-19)27(3,4)31-25(29)23-9-7-8-10-24(23)26(30)32-28(5,6)22-17-13-20(2)14-18-22/h7-10,19-22H,11-18H2,1-6H3. The van der Waals surface area contributed by atoms with E-state index in [0.717, 1.165) is 37.5 Å². The third kappa shape index (κ3) is 5.94. The second-order valence-electron chi connectivity index (χ2n) is 11.4. The summed E-state index contributed by atoms with van der Waals surface area (Å²) >= 11 is 0.